The number of fused-ring (bicyclic) bond motifs is 1. The van der Waals surface area contributed by atoms with Gasteiger partial charge in [0.25, 0.3) is 0 Å². The summed E-state index contributed by atoms with van der Waals surface area (Å²) >= 11 is 1.67. The van der Waals surface area contributed by atoms with Crippen molar-refractivity contribution in [3.05, 3.63) is 59.7 Å². The molecule has 0 spiro atoms. The summed E-state index contributed by atoms with van der Waals surface area (Å²) in [5.41, 5.74) is 4.09. The van der Waals surface area contributed by atoms with Crippen molar-refractivity contribution in [1.82, 2.24) is 20.1 Å². The van der Waals surface area contributed by atoms with Crippen molar-refractivity contribution in [3.63, 3.8) is 0 Å². The molecule has 4 heterocycles. The second kappa shape index (κ2) is 8.78. The molecule has 0 radical (unpaired) electrons. The van der Waals surface area contributed by atoms with Crippen LogP contribution in [0.5, 0.6) is 0 Å². The van der Waals surface area contributed by atoms with Crippen molar-refractivity contribution in [2.75, 3.05) is 24.5 Å². The molecule has 1 saturated heterocycles. The van der Waals surface area contributed by atoms with E-state index in [0.29, 0.717) is 19.5 Å². The quantitative estimate of drug-likeness (QED) is 0.476. The summed E-state index contributed by atoms with van der Waals surface area (Å²) in [6.45, 7) is 6.31. The molecular formula is C24H27N5O2S. The standard InChI is InChI=1S/C24H27N5O2S/c1-16-7-9-19(10-8-16)29-22-21(17(2)27-29)32-24(26-22)28-13-3-5-18(15-28)23(30)25-12-11-20-6-4-14-31-20/h4,6-10,14,18H,3,5,11-13,15H2,1-2H3,(H,25,30). The fraction of sp³-hybridized carbons (Fsp3) is 0.375. The Morgan fingerprint density at radius 3 is 2.88 bits per heavy atom. The Morgan fingerprint density at radius 2 is 2.09 bits per heavy atom. The van der Waals surface area contributed by atoms with Crippen LogP contribution in [-0.4, -0.2) is 40.3 Å². The van der Waals surface area contributed by atoms with E-state index in [0.717, 1.165) is 52.0 Å². The van der Waals surface area contributed by atoms with Crippen LogP contribution in [0, 0.1) is 19.8 Å². The van der Waals surface area contributed by atoms with Crippen LogP contribution in [0.15, 0.2) is 47.1 Å². The first-order valence-electron chi connectivity index (χ1n) is 11.1. The van der Waals surface area contributed by atoms with E-state index in [1.807, 2.05) is 23.7 Å². The summed E-state index contributed by atoms with van der Waals surface area (Å²) in [5.74, 6) is 0.981. The molecule has 1 fully saturated rings. The highest BCUT2D eigenvalue weighted by Crippen LogP contribution is 2.34. The molecule has 1 aromatic carbocycles. The second-order valence-corrected chi connectivity index (χ2v) is 9.37. The average Bonchev–Trinajstić information content (AvgIpc) is 3.53. The van der Waals surface area contributed by atoms with Gasteiger partial charge in [-0.3, -0.25) is 4.79 Å². The van der Waals surface area contributed by atoms with Crippen LogP contribution in [-0.2, 0) is 11.2 Å². The number of furan rings is 1. The monoisotopic (exact) mass is 449 g/mol. The molecule has 32 heavy (non-hydrogen) atoms. The summed E-state index contributed by atoms with van der Waals surface area (Å²) in [7, 11) is 0. The number of hydrogen-bond donors (Lipinski definition) is 1. The van der Waals surface area contributed by atoms with E-state index in [1.54, 1.807) is 17.6 Å². The molecule has 1 atom stereocenters. The minimum atomic E-state index is -0.0259. The lowest BCUT2D eigenvalue weighted by molar-refractivity contribution is -0.125. The lowest BCUT2D eigenvalue weighted by atomic mass is 9.97. The summed E-state index contributed by atoms with van der Waals surface area (Å²) in [6.07, 6.45) is 4.26. The molecule has 1 aliphatic heterocycles. The maximum Gasteiger partial charge on any atom is 0.224 e. The van der Waals surface area contributed by atoms with Gasteiger partial charge in [-0.25, -0.2) is 4.68 Å². The molecule has 3 aromatic heterocycles. The SMILES string of the molecule is Cc1ccc(-n2nc(C)c3sc(N4CCCC(C(=O)NCCc5ccco5)C4)nc32)cc1. The molecule has 0 bridgehead atoms. The third-order valence-corrected chi connectivity index (χ3v) is 7.18. The number of amides is 1. The van der Waals surface area contributed by atoms with Gasteiger partial charge in [0.15, 0.2) is 10.8 Å². The topological polar surface area (TPSA) is 76.2 Å². The molecule has 7 nitrogen and oxygen atoms in total. The number of benzene rings is 1. The first-order valence-corrected chi connectivity index (χ1v) is 11.9. The van der Waals surface area contributed by atoms with Gasteiger partial charge in [-0.05, 0) is 51.0 Å². The largest absolute Gasteiger partial charge is 0.469 e. The Bertz CT molecular complexity index is 1210. The van der Waals surface area contributed by atoms with Crippen molar-refractivity contribution in [3.8, 4) is 5.69 Å². The van der Waals surface area contributed by atoms with Crippen LogP contribution in [0.25, 0.3) is 16.0 Å². The molecule has 1 N–H and O–H groups in total. The molecular weight excluding hydrogens is 422 g/mol. The number of thiazole rings is 1. The number of rotatable bonds is 6. The van der Waals surface area contributed by atoms with Crippen LogP contribution in [0.2, 0.25) is 0 Å². The lowest BCUT2D eigenvalue weighted by Gasteiger charge is -2.31. The molecule has 1 unspecified atom stereocenters. The zero-order chi connectivity index (χ0) is 22.1. The maximum atomic E-state index is 12.7. The number of nitrogens with one attached hydrogen (secondary N) is 1. The minimum absolute atomic E-state index is 0.0259. The van der Waals surface area contributed by atoms with Crippen LogP contribution in [0.4, 0.5) is 5.13 Å². The highest BCUT2D eigenvalue weighted by molar-refractivity contribution is 7.22. The van der Waals surface area contributed by atoms with Gasteiger partial charge in [0.1, 0.15) is 5.76 Å². The first kappa shape index (κ1) is 20.8. The molecule has 8 heteroatoms. The summed E-state index contributed by atoms with van der Waals surface area (Å²) in [4.78, 5) is 19.9. The predicted molar refractivity (Wildman–Crippen MR) is 127 cm³/mol. The molecule has 166 valence electrons. The van der Waals surface area contributed by atoms with Gasteiger partial charge in [0.2, 0.25) is 5.91 Å². The van der Waals surface area contributed by atoms with E-state index >= 15 is 0 Å². The number of nitrogens with zero attached hydrogens (tertiary/aromatic N) is 4. The van der Waals surface area contributed by atoms with Gasteiger partial charge >= 0.3 is 0 Å². The Labute approximate surface area is 191 Å². The number of anilines is 1. The van der Waals surface area contributed by atoms with Crippen molar-refractivity contribution >= 4 is 32.7 Å². The molecule has 0 aliphatic carbocycles. The Morgan fingerprint density at radius 1 is 1.25 bits per heavy atom. The van der Waals surface area contributed by atoms with Crippen LogP contribution in [0.3, 0.4) is 0 Å². The molecule has 1 amide bonds. The average molecular weight is 450 g/mol. The third-order valence-electron chi connectivity index (χ3n) is 5.97. The van der Waals surface area contributed by atoms with Gasteiger partial charge < -0.3 is 14.6 Å². The van der Waals surface area contributed by atoms with Gasteiger partial charge in [-0.1, -0.05) is 29.0 Å². The number of hydrogen-bond acceptors (Lipinski definition) is 6. The Kier molecular flexibility index (Phi) is 5.70. The highest BCUT2D eigenvalue weighted by Gasteiger charge is 2.28. The van der Waals surface area contributed by atoms with E-state index < -0.39 is 0 Å². The lowest BCUT2D eigenvalue weighted by Crippen LogP contribution is -2.43. The number of aryl methyl sites for hydroxylation is 2. The fourth-order valence-electron chi connectivity index (χ4n) is 4.20. The second-order valence-electron chi connectivity index (χ2n) is 8.39. The van der Waals surface area contributed by atoms with Crippen molar-refractivity contribution < 1.29 is 9.21 Å². The molecule has 0 saturated carbocycles. The molecule has 1 aliphatic rings. The van der Waals surface area contributed by atoms with E-state index in [2.05, 4.69) is 41.4 Å². The number of carbonyl (C=O) groups excluding carboxylic acids is 1. The van der Waals surface area contributed by atoms with E-state index in [4.69, 9.17) is 14.5 Å². The maximum absolute atomic E-state index is 12.7. The molecule has 5 rings (SSSR count). The van der Waals surface area contributed by atoms with Crippen molar-refractivity contribution in [1.29, 1.82) is 0 Å². The summed E-state index contributed by atoms with van der Waals surface area (Å²) < 4.78 is 8.37. The number of carbonyl (C=O) groups is 1. The van der Waals surface area contributed by atoms with Crippen LogP contribution < -0.4 is 10.2 Å². The van der Waals surface area contributed by atoms with Crippen molar-refractivity contribution in [2.24, 2.45) is 5.92 Å². The predicted octanol–water partition coefficient (Wildman–Crippen LogP) is 4.27. The number of aromatic nitrogens is 3. The smallest absolute Gasteiger partial charge is 0.224 e. The van der Waals surface area contributed by atoms with Crippen LogP contribution in [0.1, 0.15) is 29.9 Å². The Hall–Kier alpha value is -3.13. The number of piperidine rings is 1. The van der Waals surface area contributed by atoms with Gasteiger partial charge in [0.05, 0.1) is 28.3 Å². The fourth-order valence-corrected chi connectivity index (χ4v) is 5.22. The summed E-state index contributed by atoms with van der Waals surface area (Å²) in [6, 6.07) is 12.1. The van der Waals surface area contributed by atoms with E-state index in [9.17, 15) is 4.79 Å². The van der Waals surface area contributed by atoms with Gasteiger partial charge in [0, 0.05) is 26.1 Å². The minimum Gasteiger partial charge on any atom is -0.469 e. The first-order chi connectivity index (χ1) is 15.6. The highest BCUT2D eigenvalue weighted by atomic mass is 32.1. The third kappa shape index (κ3) is 4.14. The van der Waals surface area contributed by atoms with Crippen molar-refractivity contribution in [2.45, 2.75) is 33.1 Å². The van der Waals surface area contributed by atoms with Gasteiger partial charge in [-0.2, -0.15) is 10.1 Å². The molecule has 4 aromatic rings. The summed E-state index contributed by atoms with van der Waals surface area (Å²) in [5, 5.41) is 8.75. The Balaban J connectivity index is 1.29. The van der Waals surface area contributed by atoms with Gasteiger partial charge in [-0.15, -0.1) is 0 Å². The van der Waals surface area contributed by atoms with Crippen LogP contribution >= 0.6 is 11.3 Å². The van der Waals surface area contributed by atoms with E-state index in [1.165, 1.54) is 5.56 Å². The van der Waals surface area contributed by atoms with E-state index in [-0.39, 0.29) is 11.8 Å². The zero-order valence-corrected chi connectivity index (χ0v) is 19.2. The normalized spacial score (nSPS) is 16.6. The zero-order valence-electron chi connectivity index (χ0n) is 18.4.